The molecule has 8 heteroatoms. The zero-order chi connectivity index (χ0) is 19.1. The molecule has 0 unspecified atom stereocenters. The van der Waals surface area contributed by atoms with Gasteiger partial charge in [0, 0.05) is 19.2 Å². The lowest BCUT2D eigenvalue weighted by Gasteiger charge is -2.27. The number of hydrogen-bond acceptors (Lipinski definition) is 7. The minimum atomic E-state index is -0.434. The Balaban J connectivity index is 1.75. The number of ether oxygens (including phenoxy) is 2. The van der Waals surface area contributed by atoms with Gasteiger partial charge < -0.3 is 14.4 Å². The summed E-state index contributed by atoms with van der Waals surface area (Å²) in [6, 6.07) is 9.53. The summed E-state index contributed by atoms with van der Waals surface area (Å²) >= 11 is 1.12. The van der Waals surface area contributed by atoms with Gasteiger partial charge in [0.25, 0.3) is 0 Å². The van der Waals surface area contributed by atoms with Crippen LogP contribution in [0.15, 0.2) is 36.4 Å². The Hall–Kier alpha value is -2.71. The standard InChI is InChI=1S/C19H21N3O4S/c1-2-26-18(24)16-17(22-10-12-25-13-11-22)21-19(27-16)20-15(23)9-8-14-6-4-3-5-7-14/h3-9H,2,10-13H2,1H3,(H,20,21,23)/b9-8+. The molecule has 0 saturated carbocycles. The smallest absolute Gasteiger partial charge is 0.352 e. The fraction of sp³-hybridized carbons (Fsp3) is 0.316. The van der Waals surface area contributed by atoms with Crippen LogP contribution in [-0.2, 0) is 14.3 Å². The monoisotopic (exact) mass is 387 g/mol. The van der Waals surface area contributed by atoms with E-state index in [2.05, 4.69) is 10.3 Å². The molecule has 1 fully saturated rings. The molecule has 0 spiro atoms. The first kappa shape index (κ1) is 19.1. The Morgan fingerprint density at radius 1 is 1.30 bits per heavy atom. The first-order valence-corrected chi connectivity index (χ1v) is 9.53. The van der Waals surface area contributed by atoms with Crippen LogP contribution in [0.25, 0.3) is 6.08 Å². The van der Waals surface area contributed by atoms with Gasteiger partial charge in [0.1, 0.15) is 0 Å². The van der Waals surface area contributed by atoms with E-state index in [1.165, 1.54) is 6.08 Å². The molecule has 3 rings (SSSR count). The third kappa shape index (κ3) is 5.15. The first-order chi connectivity index (χ1) is 13.2. The molecule has 1 N–H and O–H groups in total. The van der Waals surface area contributed by atoms with Crippen LogP contribution in [0.4, 0.5) is 10.9 Å². The molecule has 27 heavy (non-hydrogen) atoms. The molecule has 7 nitrogen and oxygen atoms in total. The lowest BCUT2D eigenvalue weighted by Crippen LogP contribution is -2.37. The van der Waals surface area contributed by atoms with Crippen molar-refractivity contribution in [3.8, 4) is 0 Å². The highest BCUT2D eigenvalue weighted by molar-refractivity contribution is 7.18. The molecule has 142 valence electrons. The maximum Gasteiger partial charge on any atom is 0.352 e. The molecule has 0 atom stereocenters. The molecule has 1 amide bonds. The molecule has 2 heterocycles. The third-order valence-corrected chi connectivity index (χ3v) is 4.78. The Kier molecular flexibility index (Phi) is 6.56. The number of rotatable bonds is 6. The topological polar surface area (TPSA) is 80.8 Å². The molecule has 0 aliphatic carbocycles. The highest BCUT2D eigenvalue weighted by atomic mass is 32.1. The van der Waals surface area contributed by atoms with Gasteiger partial charge in [-0.15, -0.1) is 0 Å². The van der Waals surface area contributed by atoms with Crippen molar-refractivity contribution in [3.05, 3.63) is 46.8 Å². The predicted octanol–water partition coefficient (Wildman–Crippen LogP) is 2.81. The van der Waals surface area contributed by atoms with Crippen LogP contribution in [0, 0.1) is 0 Å². The van der Waals surface area contributed by atoms with Gasteiger partial charge in [0.05, 0.1) is 19.8 Å². The van der Waals surface area contributed by atoms with Crippen molar-refractivity contribution in [3.63, 3.8) is 0 Å². The van der Waals surface area contributed by atoms with Gasteiger partial charge in [-0.05, 0) is 18.6 Å². The van der Waals surface area contributed by atoms with Crippen molar-refractivity contribution in [2.75, 3.05) is 43.1 Å². The van der Waals surface area contributed by atoms with Gasteiger partial charge in [-0.1, -0.05) is 41.7 Å². The summed E-state index contributed by atoms with van der Waals surface area (Å²) in [5.41, 5.74) is 0.924. The molecule has 1 aliphatic rings. The van der Waals surface area contributed by atoms with Crippen molar-refractivity contribution in [2.24, 2.45) is 0 Å². The molecule has 1 aliphatic heterocycles. The summed E-state index contributed by atoms with van der Waals surface area (Å²) < 4.78 is 10.5. The molecular formula is C19H21N3O4S. The van der Waals surface area contributed by atoms with E-state index in [0.29, 0.717) is 42.1 Å². The van der Waals surface area contributed by atoms with Crippen LogP contribution < -0.4 is 10.2 Å². The van der Waals surface area contributed by atoms with Crippen molar-refractivity contribution in [2.45, 2.75) is 6.92 Å². The highest BCUT2D eigenvalue weighted by Crippen LogP contribution is 2.31. The van der Waals surface area contributed by atoms with Gasteiger partial charge in [0.2, 0.25) is 5.91 Å². The van der Waals surface area contributed by atoms with E-state index in [0.717, 1.165) is 16.9 Å². The van der Waals surface area contributed by atoms with Crippen LogP contribution in [0.1, 0.15) is 22.2 Å². The number of thiazole rings is 1. The predicted molar refractivity (Wildman–Crippen MR) is 105 cm³/mol. The van der Waals surface area contributed by atoms with Gasteiger partial charge in [-0.2, -0.15) is 0 Å². The maximum absolute atomic E-state index is 12.3. The van der Waals surface area contributed by atoms with Crippen molar-refractivity contribution >= 4 is 40.2 Å². The van der Waals surface area contributed by atoms with E-state index in [1.54, 1.807) is 13.0 Å². The molecule has 0 radical (unpaired) electrons. The average molecular weight is 387 g/mol. The van der Waals surface area contributed by atoms with Crippen LogP contribution >= 0.6 is 11.3 Å². The normalized spacial score (nSPS) is 14.3. The number of morpholine rings is 1. The number of amides is 1. The zero-order valence-corrected chi connectivity index (χ0v) is 15.8. The summed E-state index contributed by atoms with van der Waals surface area (Å²) in [6.45, 7) is 4.45. The number of anilines is 2. The maximum atomic E-state index is 12.3. The quantitative estimate of drug-likeness (QED) is 0.606. The van der Waals surface area contributed by atoms with E-state index >= 15 is 0 Å². The van der Waals surface area contributed by atoms with Crippen LogP contribution in [0.2, 0.25) is 0 Å². The largest absolute Gasteiger partial charge is 0.462 e. The second kappa shape index (κ2) is 9.29. The van der Waals surface area contributed by atoms with E-state index in [9.17, 15) is 9.59 Å². The second-order valence-electron chi connectivity index (χ2n) is 5.72. The number of carbonyl (C=O) groups is 2. The summed E-state index contributed by atoms with van der Waals surface area (Å²) in [6.07, 6.45) is 3.16. The molecule has 1 aromatic carbocycles. The number of hydrogen-bond donors (Lipinski definition) is 1. The number of carbonyl (C=O) groups excluding carboxylic acids is 2. The van der Waals surface area contributed by atoms with E-state index in [4.69, 9.17) is 9.47 Å². The first-order valence-electron chi connectivity index (χ1n) is 8.72. The minimum Gasteiger partial charge on any atom is -0.462 e. The van der Waals surface area contributed by atoms with Crippen LogP contribution in [-0.4, -0.2) is 49.8 Å². The van der Waals surface area contributed by atoms with Gasteiger partial charge in [-0.3, -0.25) is 10.1 Å². The highest BCUT2D eigenvalue weighted by Gasteiger charge is 2.25. The van der Waals surface area contributed by atoms with E-state index in [1.807, 2.05) is 35.2 Å². The number of benzene rings is 1. The van der Waals surface area contributed by atoms with Crippen molar-refractivity contribution in [1.82, 2.24) is 4.98 Å². The van der Waals surface area contributed by atoms with Gasteiger partial charge in [0.15, 0.2) is 15.8 Å². The van der Waals surface area contributed by atoms with E-state index < -0.39 is 5.97 Å². The SMILES string of the molecule is CCOC(=O)c1sc(NC(=O)/C=C/c2ccccc2)nc1N1CCOCC1. The molecule has 1 aromatic heterocycles. The number of nitrogens with zero attached hydrogens (tertiary/aromatic N) is 2. The number of nitrogens with one attached hydrogen (secondary N) is 1. The van der Waals surface area contributed by atoms with Crippen molar-refractivity contribution in [1.29, 1.82) is 0 Å². The average Bonchev–Trinajstić information content (AvgIpc) is 3.12. The summed E-state index contributed by atoms with van der Waals surface area (Å²) in [7, 11) is 0. The number of esters is 1. The summed E-state index contributed by atoms with van der Waals surface area (Å²) in [5, 5.41) is 3.09. The molecular weight excluding hydrogens is 366 g/mol. The Morgan fingerprint density at radius 3 is 2.74 bits per heavy atom. The Labute approximate surface area is 161 Å². The summed E-state index contributed by atoms with van der Waals surface area (Å²) in [5.74, 6) is -0.211. The molecule has 1 saturated heterocycles. The van der Waals surface area contributed by atoms with Gasteiger partial charge in [-0.25, -0.2) is 9.78 Å². The third-order valence-electron chi connectivity index (χ3n) is 3.84. The van der Waals surface area contributed by atoms with Gasteiger partial charge >= 0.3 is 5.97 Å². The van der Waals surface area contributed by atoms with Crippen molar-refractivity contribution < 1.29 is 19.1 Å². The fourth-order valence-electron chi connectivity index (χ4n) is 2.57. The molecule has 2 aromatic rings. The minimum absolute atomic E-state index is 0.279. The molecule has 0 bridgehead atoms. The fourth-order valence-corrected chi connectivity index (χ4v) is 3.45. The Morgan fingerprint density at radius 2 is 2.04 bits per heavy atom. The van der Waals surface area contributed by atoms with Crippen LogP contribution in [0.5, 0.6) is 0 Å². The lowest BCUT2D eigenvalue weighted by molar-refractivity contribution is -0.111. The zero-order valence-electron chi connectivity index (χ0n) is 15.0. The summed E-state index contributed by atoms with van der Waals surface area (Å²) in [4.78, 5) is 31.3. The lowest BCUT2D eigenvalue weighted by atomic mass is 10.2. The van der Waals surface area contributed by atoms with E-state index in [-0.39, 0.29) is 12.5 Å². The second-order valence-corrected chi connectivity index (χ2v) is 6.72. The van der Waals surface area contributed by atoms with Crippen LogP contribution in [0.3, 0.4) is 0 Å². The Bertz CT molecular complexity index is 814. The number of aromatic nitrogens is 1.